The van der Waals surface area contributed by atoms with Gasteiger partial charge in [0.2, 0.25) is 5.91 Å². The van der Waals surface area contributed by atoms with Crippen molar-refractivity contribution < 1.29 is 4.79 Å². The van der Waals surface area contributed by atoms with Gasteiger partial charge in [-0.2, -0.15) is 0 Å². The van der Waals surface area contributed by atoms with Crippen LogP contribution in [0.1, 0.15) is 38.7 Å². The molecule has 1 amide bonds. The lowest BCUT2D eigenvalue weighted by molar-refractivity contribution is -0.116. The minimum absolute atomic E-state index is 0.0965. The van der Waals surface area contributed by atoms with E-state index in [1.807, 2.05) is 11.1 Å². The van der Waals surface area contributed by atoms with Gasteiger partial charge >= 0.3 is 0 Å². The number of rotatable bonds is 1. The SMILES string of the molecule is CC(=O)N1CCN2c3c(ccnc31)[C@@H]1CN(C(C)C)CC[C@@H]12. The molecule has 5 heteroatoms. The average Bonchev–Trinajstić information content (AvgIpc) is 2.83. The summed E-state index contributed by atoms with van der Waals surface area (Å²) in [6.45, 7) is 10.2. The van der Waals surface area contributed by atoms with Crippen LogP contribution in [0.2, 0.25) is 0 Å². The van der Waals surface area contributed by atoms with E-state index in [1.54, 1.807) is 6.92 Å². The molecule has 0 radical (unpaired) electrons. The number of piperidine rings is 1. The van der Waals surface area contributed by atoms with E-state index >= 15 is 0 Å². The number of amides is 1. The second-order valence-corrected chi connectivity index (χ2v) is 6.99. The molecule has 3 aliphatic heterocycles. The quantitative estimate of drug-likeness (QED) is 0.793. The third-order valence-electron chi connectivity index (χ3n) is 5.56. The van der Waals surface area contributed by atoms with Gasteiger partial charge in [0.25, 0.3) is 0 Å². The second kappa shape index (κ2) is 4.95. The minimum atomic E-state index is 0.0965. The Morgan fingerprint density at radius 3 is 2.86 bits per heavy atom. The molecule has 118 valence electrons. The molecule has 2 atom stereocenters. The van der Waals surface area contributed by atoms with E-state index < -0.39 is 0 Å². The highest BCUT2D eigenvalue weighted by molar-refractivity contribution is 5.96. The van der Waals surface area contributed by atoms with E-state index in [9.17, 15) is 4.79 Å². The summed E-state index contributed by atoms with van der Waals surface area (Å²) in [4.78, 5) is 23.4. The predicted molar refractivity (Wildman–Crippen MR) is 87.5 cm³/mol. The molecule has 0 unspecified atom stereocenters. The molecular weight excluding hydrogens is 276 g/mol. The molecule has 5 nitrogen and oxygen atoms in total. The van der Waals surface area contributed by atoms with Crippen molar-refractivity contribution >= 4 is 17.4 Å². The lowest BCUT2D eigenvalue weighted by Gasteiger charge is -2.42. The Kier molecular flexibility index (Phi) is 3.15. The van der Waals surface area contributed by atoms with E-state index in [-0.39, 0.29) is 5.91 Å². The number of nitrogens with zero attached hydrogens (tertiary/aromatic N) is 4. The Morgan fingerprint density at radius 2 is 2.14 bits per heavy atom. The standard InChI is InChI=1S/C17H24N4O/c1-11(2)19-7-5-15-14(10-19)13-4-6-18-17-16(13)21(15)9-8-20(17)12(3)22/h4,6,11,14-15H,5,7-10H2,1-3H3/t14-,15-/m0/s1. The van der Waals surface area contributed by atoms with Crippen molar-refractivity contribution in [1.82, 2.24) is 9.88 Å². The zero-order valence-electron chi connectivity index (χ0n) is 13.6. The molecule has 0 N–H and O–H groups in total. The molecule has 0 spiro atoms. The number of hydrogen-bond donors (Lipinski definition) is 0. The van der Waals surface area contributed by atoms with Crippen molar-refractivity contribution in [2.45, 2.75) is 45.2 Å². The molecule has 4 heterocycles. The van der Waals surface area contributed by atoms with Crippen molar-refractivity contribution in [3.05, 3.63) is 17.8 Å². The van der Waals surface area contributed by atoms with Crippen LogP contribution in [-0.2, 0) is 4.79 Å². The number of anilines is 2. The van der Waals surface area contributed by atoms with E-state index in [0.29, 0.717) is 18.0 Å². The summed E-state index contributed by atoms with van der Waals surface area (Å²) in [5, 5.41) is 0. The van der Waals surface area contributed by atoms with E-state index in [0.717, 1.165) is 25.5 Å². The van der Waals surface area contributed by atoms with E-state index in [4.69, 9.17) is 0 Å². The van der Waals surface area contributed by atoms with Gasteiger partial charge in [-0.3, -0.25) is 9.69 Å². The first-order valence-corrected chi connectivity index (χ1v) is 8.35. The Hall–Kier alpha value is -1.62. The number of likely N-dealkylation sites (tertiary alicyclic amines) is 1. The van der Waals surface area contributed by atoms with Crippen LogP contribution in [0.25, 0.3) is 0 Å². The van der Waals surface area contributed by atoms with Crippen molar-refractivity contribution in [1.29, 1.82) is 0 Å². The van der Waals surface area contributed by atoms with Crippen molar-refractivity contribution in [3.63, 3.8) is 0 Å². The van der Waals surface area contributed by atoms with Crippen molar-refractivity contribution in [2.24, 2.45) is 0 Å². The number of hydrogen-bond acceptors (Lipinski definition) is 4. The molecular formula is C17H24N4O. The van der Waals surface area contributed by atoms with Gasteiger partial charge in [-0.15, -0.1) is 0 Å². The first-order chi connectivity index (χ1) is 10.6. The van der Waals surface area contributed by atoms with Crippen LogP contribution in [0.4, 0.5) is 11.5 Å². The minimum Gasteiger partial charge on any atom is -0.363 e. The Balaban J connectivity index is 1.76. The van der Waals surface area contributed by atoms with Gasteiger partial charge in [-0.05, 0) is 31.9 Å². The Bertz CT molecular complexity index is 615. The number of carbonyl (C=O) groups is 1. The lowest BCUT2D eigenvalue weighted by Crippen LogP contribution is -2.51. The van der Waals surface area contributed by atoms with Crippen LogP contribution >= 0.6 is 0 Å². The van der Waals surface area contributed by atoms with Gasteiger partial charge < -0.3 is 9.80 Å². The maximum atomic E-state index is 11.9. The molecule has 1 saturated heterocycles. The van der Waals surface area contributed by atoms with Crippen molar-refractivity contribution in [3.8, 4) is 0 Å². The number of carbonyl (C=O) groups excluding carboxylic acids is 1. The molecule has 0 bridgehead atoms. The second-order valence-electron chi connectivity index (χ2n) is 6.99. The molecule has 22 heavy (non-hydrogen) atoms. The van der Waals surface area contributed by atoms with Gasteiger partial charge in [0.05, 0.1) is 5.69 Å². The predicted octanol–water partition coefficient (Wildman–Crippen LogP) is 1.83. The maximum Gasteiger partial charge on any atom is 0.225 e. The van der Waals surface area contributed by atoms with Crippen LogP contribution < -0.4 is 9.80 Å². The van der Waals surface area contributed by atoms with Gasteiger partial charge in [0.1, 0.15) is 0 Å². The van der Waals surface area contributed by atoms with Gasteiger partial charge in [-0.1, -0.05) is 0 Å². The molecule has 0 aliphatic carbocycles. The summed E-state index contributed by atoms with van der Waals surface area (Å²) in [7, 11) is 0. The largest absolute Gasteiger partial charge is 0.363 e. The summed E-state index contributed by atoms with van der Waals surface area (Å²) in [5.74, 6) is 1.53. The summed E-state index contributed by atoms with van der Waals surface area (Å²) in [6.07, 6.45) is 3.08. The van der Waals surface area contributed by atoms with Crippen LogP contribution in [0.15, 0.2) is 12.3 Å². The highest BCUT2D eigenvalue weighted by atomic mass is 16.2. The van der Waals surface area contributed by atoms with Crippen LogP contribution in [0.3, 0.4) is 0 Å². The van der Waals surface area contributed by atoms with Crippen molar-refractivity contribution in [2.75, 3.05) is 36.0 Å². The molecule has 1 aromatic rings. The molecule has 0 saturated carbocycles. The summed E-state index contributed by atoms with van der Waals surface area (Å²) in [5.41, 5.74) is 2.62. The van der Waals surface area contributed by atoms with E-state index in [2.05, 4.69) is 34.7 Å². The molecule has 3 aliphatic rings. The van der Waals surface area contributed by atoms with Gasteiger partial charge in [-0.25, -0.2) is 4.98 Å². The summed E-state index contributed by atoms with van der Waals surface area (Å²) >= 11 is 0. The van der Waals surface area contributed by atoms with Gasteiger partial charge in [0.15, 0.2) is 5.82 Å². The highest BCUT2D eigenvalue weighted by Gasteiger charge is 2.46. The number of aromatic nitrogens is 1. The zero-order valence-corrected chi connectivity index (χ0v) is 13.6. The average molecular weight is 300 g/mol. The first-order valence-electron chi connectivity index (χ1n) is 8.35. The molecule has 0 aromatic carbocycles. The summed E-state index contributed by atoms with van der Waals surface area (Å²) < 4.78 is 0. The third kappa shape index (κ3) is 1.88. The monoisotopic (exact) mass is 300 g/mol. The smallest absolute Gasteiger partial charge is 0.225 e. The first kappa shape index (κ1) is 14.0. The normalized spacial score (nSPS) is 27.1. The van der Waals surface area contributed by atoms with Crippen LogP contribution in [0.5, 0.6) is 0 Å². The Morgan fingerprint density at radius 1 is 1.32 bits per heavy atom. The zero-order chi connectivity index (χ0) is 15.4. The summed E-state index contributed by atoms with van der Waals surface area (Å²) in [6, 6.07) is 3.35. The highest BCUT2D eigenvalue weighted by Crippen LogP contribution is 2.49. The molecule has 1 aromatic heterocycles. The number of pyridine rings is 1. The molecule has 1 fully saturated rings. The van der Waals surface area contributed by atoms with Crippen LogP contribution in [0, 0.1) is 0 Å². The van der Waals surface area contributed by atoms with Gasteiger partial charge in [0, 0.05) is 57.3 Å². The maximum absolute atomic E-state index is 11.9. The fourth-order valence-corrected chi connectivity index (χ4v) is 4.42. The van der Waals surface area contributed by atoms with Crippen LogP contribution in [-0.4, -0.2) is 54.1 Å². The number of fused-ring (bicyclic) bond motifs is 3. The fraction of sp³-hybridized carbons (Fsp3) is 0.647. The molecule has 4 rings (SSSR count). The Labute approximate surface area is 131 Å². The fourth-order valence-electron chi connectivity index (χ4n) is 4.42. The van der Waals surface area contributed by atoms with E-state index in [1.165, 1.54) is 24.2 Å². The third-order valence-corrected chi connectivity index (χ3v) is 5.56. The topological polar surface area (TPSA) is 39.7 Å². The lowest BCUT2D eigenvalue weighted by atomic mass is 9.89.